The number of anilines is 1. The Bertz CT molecular complexity index is 615. The lowest BCUT2D eigenvalue weighted by Crippen LogP contribution is -2.11. The maximum absolute atomic E-state index is 12.9. The number of aryl methyl sites for hydroxylation is 2. The van der Waals surface area contributed by atoms with E-state index < -0.39 is 11.7 Å². The third-order valence-corrected chi connectivity index (χ3v) is 3.50. The van der Waals surface area contributed by atoms with Gasteiger partial charge in [0.25, 0.3) is 0 Å². The summed E-state index contributed by atoms with van der Waals surface area (Å²) < 4.78 is 38.7. The molecule has 0 aromatic heterocycles. The monoisotopic (exact) mass is 293 g/mol. The molecule has 0 bridgehead atoms. The number of hydrogen-bond donors (Lipinski definition) is 1. The molecule has 2 aromatic rings. The van der Waals surface area contributed by atoms with Crippen LogP contribution in [0.1, 0.15) is 35.2 Å². The van der Waals surface area contributed by atoms with Gasteiger partial charge in [-0.15, -0.1) is 0 Å². The van der Waals surface area contributed by atoms with Gasteiger partial charge in [0.15, 0.2) is 0 Å². The Morgan fingerprint density at radius 1 is 0.952 bits per heavy atom. The van der Waals surface area contributed by atoms with Gasteiger partial charge in [0.2, 0.25) is 0 Å². The Morgan fingerprint density at radius 3 is 2.14 bits per heavy atom. The van der Waals surface area contributed by atoms with Crippen LogP contribution in [0.5, 0.6) is 0 Å². The van der Waals surface area contributed by atoms with E-state index in [1.54, 1.807) is 6.07 Å². The standard InChI is InChI=1S/C17H18F3N/c1-11-4-7-14(8-5-11)13(3)21-15-9-6-12(2)16(10-15)17(18,19)20/h4-10,13,21H,1-3H3. The van der Waals surface area contributed by atoms with Crippen molar-refractivity contribution in [3.8, 4) is 0 Å². The first-order chi connectivity index (χ1) is 9.77. The van der Waals surface area contributed by atoms with Crippen molar-refractivity contribution >= 4 is 5.69 Å². The second kappa shape index (κ2) is 5.80. The zero-order valence-corrected chi connectivity index (χ0v) is 12.3. The molecule has 0 saturated carbocycles. The van der Waals surface area contributed by atoms with E-state index >= 15 is 0 Å². The van der Waals surface area contributed by atoms with Crippen molar-refractivity contribution in [1.29, 1.82) is 0 Å². The summed E-state index contributed by atoms with van der Waals surface area (Å²) in [6, 6.07) is 12.2. The first-order valence-corrected chi connectivity index (χ1v) is 6.78. The SMILES string of the molecule is Cc1ccc(C(C)Nc2ccc(C)c(C(F)(F)F)c2)cc1. The number of hydrogen-bond acceptors (Lipinski definition) is 1. The summed E-state index contributed by atoms with van der Waals surface area (Å²) in [7, 11) is 0. The highest BCUT2D eigenvalue weighted by Crippen LogP contribution is 2.34. The molecule has 0 heterocycles. The van der Waals surface area contributed by atoms with Gasteiger partial charge in [0.1, 0.15) is 0 Å². The zero-order chi connectivity index (χ0) is 15.6. The van der Waals surface area contributed by atoms with Crippen LogP contribution in [0.2, 0.25) is 0 Å². The van der Waals surface area contributed by atoms with Crippen LogP contribution in [0.25, 0.3) is 0 Å². The minimum atomic E-state index is -4.32. The Labute approximate surface area is 122 Å². The van der Waals surface area contributed by atoms with E-state index in [9.17, 15) is 13.2 Å². The molecule has 0 radical (unpaired) electrons. The lowest BCUT2D eigenvalue weighted by molar-refractivity contribution is -0.138. The fourth-order valence-electron chi connectivity index (χ4n) is 2.21. The van der Waals surface area contributed by atoms with Gasteiger partial charge >= 0.3 is 6.18 Å². The molecular weight excluding hydrogens is 275 g/mol. The van der Waals surface area contributed by atoms with Gasteiger partial charge in [-0.1, -0.05) is 35.9 Å². The van der Waals surface area contributed by atoms with Crippen molar-refractivity contribution in [1.82, 2.24) is 0 Å². The van der Waals surface area contributed by atoms with E-state index in [1.807, 2.05) is 38.1 Å². The largest absolute Gasteiger partial charge is 0.416 e. The van der Waals surface area contributed by atoms with Gasteiger partial charge in [-0.05, 0) is 44.0 Å². The summed E-state index contributed by atoms with van der Waals surface area (Å²) in [5, 5.41) is 3.12. The van der Waals surface area contributed by atoms with Crippen LogP contribution in [0.4, 0.5) is 18.9 Å². The summed E-state index contributed by atoms with van der Waals surface area (Å²) in [4.78, 5) is 0. The van der Waals surface area contributed by atoms with E-state index in [-0.39, 0.29) is 11.6 Å². The summed E-state index contributed by atoms with van der Waals surface area (Å²) in [5.41, 5.74) is 2.30. The van der Waals surface area contributed by atoms with E-state index in [0.29, 0.717) is 5.69 Å². The molecule has 0 saturated heterocycles. The fourth-order valence-corrected chi connectivity index (χ4v) is 2.21. The average molecular weight is 293 g/mol. The molecule has 21 heavy (non-hydrogen) atoms. The first kappa shape index (κ1) is 15.4. The number of alkyl halides is 3. The molecule has 4 heteroatoms. The Hall–Kier alpha value is -1.97. The van der Waals surface area contributed by atoms with Gasteiger partial charge in [0, 0.05) is 11.7 Å². The van der Waals surface area contributed by atoms with Crippen LogP contribution in [-0.2, 0) is 6.18 Å². The van der Waals surface area contributed by atoms with Gasteiger partial charge in [-0.2, -0.15) is 13.2 Å². The highest BCUT2D eigenvalue weighted by atomic mass is 19.4. The molecule has 1 N–H and O–H groups in total. The van der Waals surface area contributed by atoms with Crippen molar-refractivity contribution in [2.24, 2.45) is 0 Å². The lowest BCUT2D eigenvalue weighted by Gasteiger charge is -2.18. The van der Waals surface area contributed by atoms with Gasteiger partial charge in [-0.3, -0.25) is 0 Å². The molecule has 1 atom stereocenters. The van der Waals surface area contributed by atoms with Crippen molar-refractivity contribution in [3.05, 3.63) is 64.7 Å². The maximum Gasteiger partial charge on any atom is 0.416 e. The quantitative estimate of drug-likeness (QED) is 0.788. The fraction of sp³-hybridized carbons (Fsp3) is 0.294. The predicted octanol–water partition coefficient (Wildman–Crippen LogP) is 5.50. The van der Waals surface area contributed by atoms with E-state index in [2.05, 4.69) is 5.32 Å². The third-order valence-electron chi connectivity index (χ3n) is 3.50. The molecule has 1 unspecified atom stereocenters. The second-order valence-corrected chi connectivity index (χ2v) is 5.30. The van der Waals surface area contributed by atoms with Gasteiger partial charge in [0.05, 0.1) is 5.56 Å². The zero-order valence-electron chi connectivity index (χ0n) is 12.3. The molecule has 0 aliphatic carbocycles. The van der Waals surface area contributed by atoms with E-state index in [0.717, 1.165) is 11.1 Å². The average Bonchev–Trinajstić information content (AvgIpc) is 2.40. The van der Waals surface area contributed by atoms with Crippen LogP contribution in [0.3, 0.4) is 0 Å². The summed E-state index contributed by atoms with van der Waals surface area (Å²) >= 11 is 0. The third kappa shape index (κ3) is 3.78. The molecule has 0 fully saturated rings. The van der Waals surface area contributed by atoms with Crippen molar-refractivity contribution in [3.63, 3.8) is 0 Å². The Balaban J connectivity index is 2.21. The summed E-state index contributed by atoms with van der Waals surface area (Å²) in [6.45, 7) is 5.39. The van der Waals surface area contributed by atoms with Crippen molar-refractivity contribution in [2.45, 2.75) is 33.0 Å². The normalized spacial score (nSPS) is 13.0. The number of nitrogens with one attached hydrogen (secondary N) is 1. The van der Waals surface area contributed by atoms with E-state index in [1.165, 1.54) is 19.1 Å². The summed E-state index contributed by atoms with van der Waals surface area (Å²) in [6.07, 6.45) is -4.32. The van der Waals surface area contributed by atoms with Crippen LogP contribution in [0, 0.1) is 13.8 Å². The van der Waals surface area contributed by atoms with Crippen LogP contribution in [0.15, 0.2) is 42.5 Å². The molecule has 0 amide bonds. The second-order valence-electron chi connectivity index (χ2n) is 5.30. The topological polar surface area (TPSA) is 12.0 Å². The first-order valence-electron chi connectivity index (χ1n) is 6.78. The maximum atomic E-state index is 12.9. The van der Waals surface area contributed by atoms with E-state index in [4.69, 9.17) is 0 Å². The molecule has 2 rings (SSSR count). The lowest BCUT2D eigenvalue weighted by atomic mass is 10.0. The number of halogens is 3. The minimum Gasteiger partial charge on any atom is -0.379 e. The van der Waals surface area contributed by atoms with Crippen LogP contribution < -0.4 is 5.32 Å². The smallest absolute Gasteiger partial charge is 0.379 e. The highest BCUT2D eigenvalue weighted by molar-refractivity contribution is 5.51. The van der Waals surface area contributed by atoms with Gasteiger partial charge < -0.3 is 5.32 Å². The molecule has 0 aliphatic rings. The van der Waals surface area contributed by atoms with Crippen molar-refractivity contribution in [2.75, 3.05) is 5.32 Å². The Kier molecular flexibility index (Phi) is 4.26. The van der Waals surface area contributed by atoms with Gasteiger partial charge in [-0.25, -0.2) is 0 Å². The van der Waals surface area contributed by atoms with Crippen LogP contribution >= 0.6 is 0 Å². The van der Waals surface area contributed by atoms with Crippen molar-refractivity contribution < 1.29 is 13.2 Å². The molecule has 0 aliphatic heterocycles. The molecule has 2 aromatic carbocycles. The highest BCUT2D eigenvalue weighted by Gasteiger charge is 2.32. The number of rotatable bonds is 3. The Morgan fingerprint density at radius 2 is 1.57 bits per heavy atom. The summed E-state index contributed by atoms with van der Waals surface area (Å²) in [5.74, 6) is 0. The minimum absolute atomic E-state index is 0.0608. The van der Waals surface area contributed by atoms with Crippen LogP contribution in [-0.4, -0.2) is 0 Å². The molecular formula is C17H18F3N. The molecule has 1 nitrogen and oxygen atoms in total. The number of benzene rings is 2. The molecule has 0 spiro atoms. The molecule has 112 valence electrons. The predicted molar refractivity (Wildman–Crippen MR) is 79.4 cm³/mol.